The summed E-state index contributed by atoms with van der Waals surface area (Å²) in [6.45, 7) is 5.92. The Morgan fingerprint density at radius 2 is 1.87 bits per heavy atom. The zero-order valence-corrected chi connectivity index (χ0v) is 10.0. The molecule has 1 aliphatic rings. The second-order valence-electron chi connectivity index (χ2n) is 5.49. The minimum Gasteiger partial charge on any atom is -0.394 e. The van der Waals surface area contributed by atoms with E-state index in [1.165, 1.54) is 0 Å². The quantitative estimate of drug-likeness (QED) is 0.749. The van der Waals surface area contributed by atoms with Crippen LogP contribution in [0.5, 0.6) is 0 Å². The van der Waals surface area contributed by atoms with Gasteiger partial charge < -0.3 is 10.4 Å². The highest BCUT2D eigenvalue weighted by atomic mass is 16.3. The van der Waals surface area contributed by atoms with Gasteiger partial charge in [-0.15, -0.1) is 0 Å². The summed E-state index contributed by atoms with van der Waals surface area (Å²) in [5, 5.41) is 12.0. The molecule has 0 atom stereocenters. The second-order valence-corrected chi connectivity index (χ2v) is 5.49. The lowest BCUT2D eigenvalue weighted by Crippen LogP contribution is -2.49. The van der Waals surface area contributed by atoms with Crippen molar-refractivity contribution in [2.24, 2.45) is 11.8 Å². The minimum absolute atomic E-state index is 0.0120. The number of rotatable bonds is 3. The van der Waals surface area contributed by atoms with Crippen molar-refractivity contribution in [1.29, 1.82) is 0 Å². The van der Waals surface area contributed by atoms with Crippen molar-refractivity contribution in [3.8, 4) is 0 Å². The fourth-order valence-corrected chi connectivity index (χ4v) is 2.00. The third kappa shape index (κ3) is 3.82. The molecule has 0 heterocycles. The summed E-state index contributed by atoms with van der Waals surface area (Å²) in [5.74, 6) is 1.04. The predicted octanol–water partition coefficient (Wildman–Crippen LogP) is 1.70. The van der Waals surface area contributed by atoms with Crippen LogP contribution in [0.2, 0.25) is 0 Å². The molecule has 0 saturated heterocycles. The summed E-state index contributed by atoms with van der Waals surface area (Å²) in [4.78, 5) is 11.9. The van der Waals surface area contributed by atoms with E-state index >= 15 is 0 Å². The van der Waals surface area contributed by atoms with E-state index in [0.717, 1.165) is 31.6 Å². The lowest BCUT2D eigenvalue weighted by molar-refractivity contribution is -0.128. The number of aliphatic hydroxyl groups is 1. The van der Waals surface area contributed by atoms with Gasteiger partial charge in [0.25, 0.3) is 0 Å². The van der Waals surface area contributed by atoms with Crippen molar-refractivity contribution in [3.63, 3.8) is 0 Å². The van der Waals surface area contributed by atoms with Crippen LogP contribution in [0.4, 0.5) is 0 Å². The van der Waals surface area contributed by atoms with Gasteiger partial charge >= 0.3 is 0 Å². The SMILES string of the molecule is CC(C)(CO)NC(=O)[C@H]1CC[C@H](C)CC1. The number of amides is 1. The molecule has 1 fully saturated rings. The van der Waals surface area contributed by atoms with E-state index in [2.05, 4.69) is 12.2 Å². The first-order valence-electron chi connectivity index (χ1n) is 5.87. The van der Waals surface area contributed by atoms with Gasteiger partial charge in [-0.3, -0.25) is 4.79 Å². The van der Waals surface area contributed by atoms with E-state index in [0.29, 0.717) is 0 Å². The van der Waals surface area contributed by atoms with Gasteiger partial charge in [-0.25, -0.2) is 0 Å². The third-order valence-electron chi connectivity index (χ3n) is 3.24. The van der Waals surface area contributed by atoms with Gasteiger partial charge in [0.1, 0.15) is 0 Å². The van der Waals surface area contributed by atoms with E-state index in [-0.39, 0.29) is 18.4 Å². The number of hydrogen-bond donors (Lipinski definition) is 2. The van der Waals surface area contributed by atoms with E-state index in [9.17, 15) is 4.79 Å². The summed E-state index contributed by atoms with van der Waals surface area (Å²) in [6, 6.07) is 0. The van der Waals surface area contributed by atoms with Crippen LogP contribution in [-0.4, -0.2) is 23.2 Å². The van der Waals surface area contributed by atoms with Gasteiger partial charge in [0.05, 0.1) is 12.1 Å². The summed E-state index contributed by atoms with van der Waals surface area (Å²) in [5.41, 5.74) is -0.486. The lowest BCUT2D eigenvalue weighted by atomic mass is 9.82. The first-order valence-corrected chi connectivity index (χ1v) is 5.87. The van der Waals surface area contributed by atoms with Gasteiger partial charge in [0.2, 0.25) is 5.91 Å². The maximum absolute atomic E-state index is 11.9. The van der Waals surface area contributed by atoms with Crippen LogP contribution in [0, 0.1) is 11.8 Å². The standard InChI is InChI=1S/C12H23NO2/c1-9-4-6-10(7-5-9)11(15)13-12(2,3)8-14/h9-10,14H,4-8H2,1-3H3,(H,13,15)/t9-,10-. The zero-order chi connectivity index (χ0) is 11.5. The molecule has 0 aromatic rings. The van der Waals surface area contributed by atoms with Crippen LogP contribution in [0.3, 0.4) is 0 Å². The highest BCUT2D eigenvalue weighted by Crippen LogP contribution is 2.28. The Morgan fingerprint density at radius 3 is 2.33 bits per heavy atom. The fourth-order valence-electron chi connectivity index (χ4n) is 2.00. The Hall–Kier alpha value is -0.570. The molecule has 0 aromatic heterocycles. The predicted molar refractivity (Wildman–Crippen MR) is 60.4 cm³/mol. The normalized spacial score (nSPS) is 27.5. The van der Waals surface area contributed by atoms with E-state index in [1.54, 1.807) is 0 Å². The monoisotopic (exact) mass is 213 g/mol. The van der Waals surface area contributed by atoms with Crippen molar-refractivity contribution >= 4 is 5.91 Å². The van der Waals surface area contributed by atoms with Crippen molar-refractivity contribution in [2.75, 3.05) is 6.61 Å². The molecule has 1 rings (SSSR count). The van der Waals surface area contributed by atoms with Crippen LogP contribution in [0.1, 0.15) is 46.5 Å². The third-order valence-corrected chi connectivity index (χ3v) is 3.24. The van der Waals surface area contributed by atoms with Crippen LogP contribution in [0.25, 0.3) is 0 Å². The molecule has 15 heavy (non-hydrogen) atoms. The summed E-state index contributed by atoms with van der Waals surface area (Å²) in [7, 11) is 0. The molecule has 1 aliphatic carbocycles. The number of aliphatic hydroxyl groups excluding tert-OH is 1. The van der Waals surface area contributed by atoms with Crippen LogP contribution >= 0.6 is 0 Å². The molecular formula is C12H23NO2. The molecule has 1 saturated carbocycles. The Morgan fingerprint density at radius 1 is 1.33 bits per heavy atom. The Bertz CT molecular complexity index is 218. The maximum atomic E-state index is 11.9. The Labute approximate surface area is 92.3 Å². The molecule has 2 N–H and O–H groups in total. The Kier molecular flexibility index (Phi) is 4.14. The van der Waals surface area contributed by atoms with Crippen molar-refractivity contribution < 1.29 is 9.90 Å². The second kappa shape index (κ2) is 4.97. The molecule has 0 aliphatic heterocycles. The minimum atomic E-state index is -0.486. The van der Waals surface area contributed by atoms with Crippen molar-refractivity contribution in [2.45, 2.75) is 52.0 Å². The van der Waals surface area contributed by atoms with Gasteiger partial charge in [0, 0.05) is 5.92 Å². The smallest absolute Gasteiger partial charge is 0.223 e. The summed E-state index contributed by atoms with van der Waals surface area (Å²) >= 11 is 0. The molecular weight excluding hydrogens is 190 g/mol. The van der Waals surface area contributed by atoms with Gasteiger partial charge in [-0.05, 0) is 45.4 Å². The van der Waals surface area contributed by atoms with Crippen LogP contribution < -0.4 is 5.32 Å². The molecule has 0 spiro atoms. The van der Waals surface area contributed by atoms with E-state index in [4.69, 9.17) is 5.11 Å². The first-order chi connectivity index (χ1) is 6.94. The highest BCUT2D eigenvalue weighted by Gasteiger charge is 2.28. The number of carbonyl (C=O) groups excluding carboxylic acids is 1. The molecule has 0 bridgehead atoms. The topological polar surface area (TPSA) is 49.3 Å². The van der Waals surface area contributed by atoms with Crippen molar-refractivity contribution in [1.82, 2.24) is 5.32 Å². The molecule has 0 radical (unpaired) electrons. The molecule has 3 heteroatoms. The maximum Gasteiger partial charge on any atom is 0.223 e. The van der Waals surface area contributed by atoms with E-state index < -0.39 is 5.54 Å². The first kappa shape index (κ1) is 12.5. The van der Waals surface area contributed by atoms with Crippen LogP contribution in [0.15, 0.2) is 0 Å². The zero-order valence-electron chi connectivity index (χ0n) is 10.0. The number of hydrogen-bond acceptors (Lipinski definition) is 2. The van der Waals surface area contributed by atoms with Gasteiger partial charge in [0.15, 0.2) is 0 Å². The lowest BCUT2D eigenvalue weighted by Gasteiger charge is -2.30. The highest BCUT2D eigenvalue weighted by molar-refractivity contribution is 5.79. The van der Waals surface area contributed by atoms with Crippen molar-refractivity contribution in [3.05, 3.63) is 0 Å². The summed E-state index contributed by atoms with van der Waals surface area (Å²) in [6.07, 6.45) is 4.29. The molecule has 1 amide bonds. The molecule has 0 unspecified atom stereocenters. The summed E-state index contributed by atoms with van der Waals surface area (Å²) < 4.78 is 0. The molecule has 88 valence electrons. The number of carbonyl (C=O) groups is 1. The number of nitrogens with one attached hydrogen (secondary N) is 1. The molecule has 0 aromatic carbocycles. The van der Waals surface area contributed by atoms with E-state index in [1.807, 2.05) is 13.8 Å². The largest absolute Gasteiger partial charge is 0.394 e. The Balaban J connectivity index is 2.41. The van der Waals surface area contributed by atoms with Gasteiger partial charge in [-0.1, -0.05) is 6.92 Å². The fraction of sp³-hybridized carbons (Fsp3) is 0.917. The molecule has 3 nitrogen and oxygen atoms in total. The van der Waals surface area contributed by atoms with Crippen LogP contribution in [-0.2, 0) is 4.79 Å². The average molecular weight is 213 g/mol. The van der Waals surface area contributed by atoms with Gasteiger partial charge in [-0.2, -0.15) is 0 Å². The average Bonchev–Trinajstić information content (AvgIpc) is 2.18.